The summed E-state index contributed by atoms with van der Waals surface area (Å²) in [6, 6.07) is 8.11. The molecule has 0 aliphatic heterocycles. The van der Waals surface area contributed by atoms with E-state index in [1.807, 2.05) is 18.2 Å². The molecule has 0 spiro atoms. The standard InChI is InChI=1S/C15H21N/c1-4-14(9-10-16)13(3)11-15-8-6-5-7-12(15)2/h5-8,11,14H,2-4,9-10,16H2,1H3/b15-11-. The summed E-state index contributed by atoms with van der Waals surface area (Å²) in [4.78, 5) is 0. The Labute approximate surface area is 98.0 Å². The van der Waals surface area contributed by atoms with Crippen molar-refractivity contribution in [2.45, 2.75) is 19.8 Å². The number of rotatable bonds is 5. The third-order valence-corrected chi connectivity index (χ3v) is 2.93. The maximum Gasteiger partial charge on any atom is -0.00715 e. The summed E-state index contributed by atoms with van der Waals surface area (Å²) >= 11 is 0. The summed E-state index contributed by atoms with van der Waals surface area (Å²) in [5.41, 5.74) is 6.76. The van der Waals surface area contributed by atoms with Gasteiger partial charge in [-0.3, -0.25) is 0 Å². The third kappa shape index (κ3) is 3.35. The van der Waals surface area contributed by atoms with Gasteiger partial charge in [-0.2, -0.15) is 0 Å². The second-order valence-electron chi connectivity index (χ2n) is 4.10. The van der Waals surface area contributed by atoms with Gasteiger partial charge < -0.3 is 5.73 Å². The molecule has 1 nitrogen and oxygen atoms in total. The minimum Gasteiger partial charge on any atom is -0.330 e. The molecule has 0 saturated heterocycles. The van der Waals surface area contributed by atoms with Gasteiger partial charge >= 0.3 is 0 Å². The van der Waals surface area contributed by atoms with Gasteiger partial charge in [-0.1, -0.05) is 56.0 Å². The molecule has 1 unspecified atom stereocenters. The fraction of sp³-hybridized carbons (Fsp3) is 0.333. The highest BCUT2D eigenvalue weighted by Gasteiger charge is 2.06. The number of hydrogen-bond acceptors (Lipinski definition) is 1. The lowest BCUT2D eigenvalue weighted by molar-refractivity contribution is 0.567. The van der Waals surface area contributed by atoms with Crippen LogP contribution in [-0.4, -0.2) is 6.54 Å². The Balaban J connectivity index is 2.96. The molecule has 0 bridgehead atoms. The average molecular weight is 215 g/mol. The van der Waals surface area contributed by atoms with Gasteiger partial charge in [-0.25, -0.2) is 0 Å². The van der Waals surface area contributed by atoms with Crippen LogP contribution >= 0.6 is 0 Å². The molecule has 0 saturated carbocycles. The van der Waals surface area contributed by atoms with Crippen LogP contribution in [-0.2, 0) is 0 Å². The number of nitrogens with two attached hydrogens (primary N) is 1. The predicted octanol–water partition coefficient (Wildman–Crippen LogP) is 1.81. The fourth-order valence-corrected chi connectivity index (χ4v) is 1.85. The minimum absolute atomic E-state index is 0.490. The van der Waals surface area contributed by atoms with Gasteiger partial charge in [0.25, 0.3) is 0 Å². The molecule has 0 aliphatic rings. The molecule has 2 N–H and O–H groups in total. The molecular weight excluding hydrogens is 194 g/mol. The summed E-state index contributed by atoms with van der Waals surface area (Å²) in [7, 11) is 0. The lowest BCUT2D eigenvalue weighted by Crippen LogP contribution is -2.23. The molecule has 0 fully saturated rings. The van der Waals surface area contributed by atoms with Crippen LogP contribution in [0.4, 0.5) is 0 Å². The first-order valence-electron chi connectivity index (χ1n) is 5.83. The van der Waals surface area contributed by atoms with Crippen LogP contribution in [0, 0.1) is 5.92 Å². The first-order chi connectivity index (χ1) is 7.69. The highest BCUT2D eigenvalue weighted by Crippen LogP contribution is 2.17. The van der Waals surface area contributed by atoms with Gasteiger partial charge in [0.05, 0.1) is 0 Å². The Morgan fingerprint density at radius 3 is 2.69 bits per heavy atom. The third-order valence-electron chi connectivity index (χ3n) is 2.93. The number of allylic oxidation sites excluding steroid dienone is 1. The predicted molar refractivity (Wildman–Crippen MR) is 72.3 cm³/mol. The Hall–Kier alpha value is -1.34. The van der Waals surface area contributed by atoms with Gasteiger partial charge in [0, 0.05) is 0 Å². The maximum absolute atomic E-state index is 5.60. The number of benzene rings is 1. The maximum atomic E-state index is 5.60. The molecular formula is C15H21N. The van der Waals surface area contributed by atoms with Gasteiger partial charge in [0.15, 0.2) is 0 Å². The van der Waals surface area contributed by atoms with Crippen LogP contribution in [0.1, 0.15) is 19.8 Å². The zero-order valence-electron chi connectivity index (χ0n) is 10.1. The topological polar surface area (TPSA) is 26.0 Å². The molecule has 1 heteroatoms. The Morgan fingerprint density at radius 1 is 1.44 bits per heavy atom. The molecule has 1 atom stereocenters. The van der Waals surface area contributed by atoms with Crippen LogP contribution in [0.2, 0.25) is 0 Å². The molecule has 1 aromatic carbocycles. The van der Waals surface area contributed by atoms with Crippen LogP contribution < -0.4 is 16.2 Å². The van der Waals surface area contributed by atoms with Gasteiger partial charge in [-0.15, -0.1) is 0 Å². The van der Waals surface area contributed by atoms with E-state index in [-0.39, 0.29) is 0 Å². The summed E-state index contributed by atoms with van der Waals surface area (Å²) < 4.78 is 0. The van der Waals surface area contributed by atoms with E-state index >= 15 is 0 Å². The smallest absolute Gasteiger partial charge is 0.00715 e. The molecule has 0 amide bonds. The van der Waals surface area contributed by atoms with Crippen molar-refractivity contribution in [1.82, 2.24) is 0 Å². The second-order valence-corrected chi connectivity index (χ2v) is 4.10. The fourth-order valence-electron chi connectivity index (χ4n) is 1.85. The van der Waals surface area contributed by atoms with E-state index in [0.717, 1.165) is 35.4 Å². The van der Waals surface area contributed by atoms with E-state index in [4.69, 9.17) is 5.73 Å². The second kappa shape index (κ2) is 6.29. The Kier molecular flexibility index (Phi) is 5.00. The summed E-state index contributed by atoms with van der Waals surface area (Å²) in [6.07, 6.45) is 4.23. The highest BCUT2D eigenvalue weighted by atomic mass is 14.5. The van der Waals surface area contributed by atoms with Crippen molar-refractivity contribution in [2.75, 3.05) is 6.54 Å². The van der Waals surface area contributed by atoms with Crippen LogP contribution in [0.5, 0.6) is 0 Å². The Morgan fingerprint density at radius 2 is 2.12 bits per heavy atom. The van der Waals surface area contributed by atoms with E-state index in [2.05, 4.69) is 32.2 Å². The number of hydrogen-bond donors (Lipinski definition) is 1. The van der Waals surface area contributed by atoms with E-state index in [0.29, 0.717) is 5.92 Å². The van der Waals surface area contributed by atoms with Crippen LogP contribution in [0.25, 0.3) is 12.7 Å². The molecule has 1 aromatic rings. The molecule has 0 heterocycles. The zero-order chi connectivity index (χ0) is 12.0. The molecule has 0 aliphatic carbocycles. The van der Waals surface area contributed by atoms with Crippen molar-refractivity contribution in [2.24, 2.45) is 11.7 Å². The Bertz CT molecular complexity index is 445. The van der Waals surface area contributed by atoms with Crippen molar-refractivity contribution in [3.05, 3.63) is 46.9 Å². The van der Waals surface area contributed by atoms with Crippen molar-refractivity contribution in [3.63, 3.8) is 0 Å². The highest BCUT2D eigenvalue weighted by molar-refractivity contribution is 5.46. The first kappa shape index (κ1) is 12.7. The quantitative estimate of drug-likeness (QED) is 0.796. The van der Waals surface area contributed by atoms with E-state index in [9.17, 15) is 0 Å². The van der Waals surface area contributed by atoms with Crippen molar-refractivity contribution in [3.8, 4) is 0 Å². The summed E-state index contributed by atoms with van der Waals surface area (Å²) in [5.74, 6) is 0.490. The van der Waals surface area contributed by atoms with E-state index in [1.54, 1.807) is 0 Å². The average Bonchev–Trinajstić information content (AvgIpc) is 2.29. The normalized spacial score (nSPS) is 13.8. The minimum atomic E-state index is 0.490. The van der Waals surface area contributed by atoms with Crippen molar-refractivity contribution in [1.29, 1.82) is 0 Å². The van der Waals surface area contributed by atoms with E-state index < -0.39 is 0 Å². The lowest BCUT2D eigenvalue weighted by Gasteiger charge is -2.13. The van der Waals surface area contributed by atoms with Gasteiger partial charge in [0.1, 0.15) is 0 Å². The van der Waals surface area contributed by atoms with Crippen LogP contribution in [0.3, 0.4) is 0 Å². The molecule has 86 valence electrons. The summed E-state index contributed by atoms with van der Waals surface area (Å²) in [5, 5.41) is 2.20. The molecule has 0 radical (unpaired) electrons. The first-order valence-corrected chi connectivity index (χ1v) is 5.83. The van der Waals surface area contributed by atoms with Crippen LogP contribution in [0.15, 0.2) is 36.4 Å². The molecule has 16 heavy (non-hydrogen) atoms. The molecule has 1 rings (SSSR count). The van der Waals surface area contributed by atoms with Crippen molar-refractivity contribution >= 4 is 12.7 Å². The van der Waals surface area contributed by atoms with Gasteiger partial charge in [-0.05, 0) is 35.7 Å². The monoisotopic (exact) mass is 215 g/mol. The molecule has 0 aromatic heterocycles. The summed E-state index contributed by atoms with van der Waals surface area (Å²) in [6.45, 7) is 11.0. The lowest BCUT2D eigenvalue weighted by atomic mass is 9.93. The van der Waals surface area contributed by atoms with Gasteiger partial charge in [0.2, 0.25) is 0 Å². The van der Waals surface area contributed by atoms with E-state index in [1.165, 1.54) is 0 Å². The van der Waals surface area contributed by atoms with Crippen molar-refractivity contribution < 1.29 is 0 Å². The SMILES string of the molecule is C=C(/C=c1/ccccc1=C)C(CC)CCN. The largest absolute Gasteiger partial charge is 0.330 e. The zero-order valence-corrected chi connectivity index (χ0v) is 10.1.